The number of allylic oxidation sites excluding steroid dienone is 4. The number of Topliss-reactive ketones (excluding diaryl/α,β-unsaturated/α-hetero) is 1. The van der Waals surface area contributed by atoms with Crippen LogP contribution in [0.1, 0.15) is 46.5 Å². The molecule has 4 aliphatic rings. The Balaban J connectivity index is 1.66. The Bertz CT molecular complexity index is 1150. The Kier molecular flexibility index (Phi) is 6.57. The third-order valence-corrected chi connectivity index (χ3v) is 11.3. The van der Waals surface area contributed by atoms with Crippen LogP contribution < -0.4 is 0 Å². The summed E-state index contributed by atoms with van der Waals surface area (Å²) in [4.78, 5) is 52.2. The first kappa shape index (κ1) is 28.0. The van der Waals surface area contributed by atoms with E-state index in [1.165, 1.54) is 18.2 Å². The number of carbonyl (C=O) groups excluding carboxylic acids is 2. The van der Waals surface area contributed by atoms with Crippen LogP contribution in [0.4, 0.5) is 4.39 Å². The van der Waals surface area contributed by atoms with Crippen molar-refractivity contribution in [1.29, 1.82) is 0 Å². The standard InChI is InChI=1S/C22H31FO11P2/c1-12-8-16-15-5-4-13-9-14(24)6-7-19(13,2)21(15,23)17(25)10-20(16,3)22(12,27)18(26)11-33-36(31,32)34-35(28,29)30/h6-7,9,12,15-17,25,27H,4-5,8,10-11H2,1-3H3,(H,31,32)(H2,28,29,30)/t12-,15-,16-,17-,19-,20-,21-,22-/m0/s1. The molecule has 0 spiro atoms. The van der Waals surface area contributed by atoms with Gasteiger partial charge in [0.25, 0.3) is 0 Å². The maximum Gasteiger partial charge on any atom is 0.481 e. The van der Waals surface area contributed by atoms with Gasteiger partial charge in [-0.05, 0) is 56.6 Å². The second-order valence-electron chi connectivity index (χ2n) is 10.9. The first-order chi connectivity index (χ1) is 16.3. The highest BCUT2D eigenvalue weighted by molar-refractivity contribution is 7.60. The lowest BCUT2D eigenvalue weighted by Crippen LogP contribution is -2.69. The predicted molar refractivity (Wildman–Crippen MR) is 122 cm³/mol. The number of alkyl halides is 1. The predicted octanol–water partition coefficient (Wildman–Crippen LogP) is 2.13. The summed E-state index contributed by atoms with van der Waals surface area (Å²) in [6.45, 7) is 3.59. The number of aliphatic hydroxyl groups is 2. The molecule has 11 nitrogen and oxygen atoms in total. The minimum Gasteiger partial charge on any atom is -0.390 e. The number of hydrogen-bond acceptors (Lipinski definition) is 8. The van der Waals surface area contributed by atoms with Gasteiger partial charge >= 0.3 is 15.6 Å². The third kappa shape index (κ3) is 3.89. The topological polar surface area (TPSA) is 188 Å². The van der Waals surface area contributed by atoms with Crippen molar-refractivity contribution in [2.45, 2.75) is 63.8 Å². The lowest BCUT2D eigenvalue weighted by Gasteiger charge is -2.62. The van der Waals surface area contributed by atoms with E-state index in [-0.39, 0.29) is 25.0 Å². The summed E-state index contributed by atoms with van der Waals surface area (Å²) in [5, 5.41) is 23.0. The molecule has 0 aromatic heterocycles. The Morgan fingerprint density at radius 3 is 2.47 bits per heavy atom. The van der Waals surface area contributed by atoms with E-state index in [0.717, 1.165) is 0 Å². The zero-order valence-corrected chi connectivity index (χ0v) is 21.8. The molecule has 0 aliphatic heterocycles. The molecule has 14 heteroatoms. The van der Waals surface area contributed by atoms with Gasteiger partial charge in [-0.1, -0.05) is 25.5 Å². The highest BCUT2D eigenvalue weighted by atomic mass is 31.3. The first-order valence-corrected chi connectivity index (χ1v) is 14.7. The fourth-order valence-corrected chi connectivity index (χ4v) is 9.09. The number of halogens is 1. The number of hydrogen-bond donors (Lipinski definition) is 5. The molecule has 4 rings (SSSR count). The van der Waals surface area contributed by atoms with Crippen LogP contribution in [0.2, 0.25) is 0 Å². The van der Waals surface area contributed by atoms with Crippen LogP contribution in [0.15, 0.2) is 23.8 Å². The number of fused-ring (bicyclic) bond motifs is 5. The van der Waals surface area contributed by atoms with Crippen LogP contribution in [0, 0.1) is 28.6 Å². The number of phosphoric acid groups is 2. The minimum atomic E-state index is -5.41. The monoisotopic (exact) mass is 552 g/mol. The maximum atomic E-state index is 17.1. The van der Waals surface area contributed by atoms with Gasteiger partial charge in [-0.15, -0.1) is 0 Å². The van der Waals surface area contributed by atoms with E-state index in [9.17, 15) is 33.8 Å². The van der Waals surface area contributed by atoms with E-state index < -0.39 is 74.0 Å². The molecular weight excluding hydrogens is 521 g/mol. The van der Waals surface area contributed by atoms with Gasteiger partial charge in [0, 0.05) is 16.7 Å². The summed E-state index contributed by atoms with van der Waals surface area (Å²) in [5.41, 5.74) is -6.36. The van der Waals surface area contributed by atoms with E-state index >= 15 is 4.39 Å². The van der Waals surface area contributed by atoms with Crippen molar-refractivity contribution in [2.24, 2.45) is 28.6 Å². The summed E-state index contributed by atoms with van der Waals surface area (Å²) in [5.74, 6) is -3.39. The molecule has 202 valence electrons. The van der Waals surface area contributed by atoms with Crippen LogP contribution in [0.3, 0.4) is 0 Å². The molecule has 0 bridgehead atoms. The molecule has 4 aliphatic carbocycles. The molecule has 9 atom stereocenters. The van der Waals surface area contributed by atoms with Gasteiger partial charge in [0.2, 0.25) is 0 Å². The first-order valence-electron chi connectivity index (χ1n) is 11.6. The van der Waals surface area contributed by atoms with E-state index in [2.05, 4.69) is 8.83 Å². The van der Waals surface area contributed by atoms with Crippen molar-refractivity contribution in [3.63, 3.8) is 0 Å². The highest BCUT2D eigenvalue weighted by Gasteiger charge is 2.75. The minimum absolute atomic E-state index is 0.218. The molecule has 0 aromatic rings. The van der Waals surface area contributed by atoms with Gasteiger partial charge in [-0.2, -0.15) is 4.31 Å². The summed E-state index contributed by atoms with van der Waals surface area (Å²) >= 11 is 0. The van der Waals surface area contributed by atoms with Crippen molar-refractivity contribution < 1.29 is 56.8 Å². The molecule has 0 aromatic carbocycles. The molecule has 0 amide bonds. The second-order valence-corrected chi connectivity index (χ2v) is 13.7. The Morgan fingerprint density at radius 1 is 1.22 bits per heavy atom. The third-order valence-electron chi connectivity index (χ3n) is 9.22. The molecule has 5 N–H and O–H groups in total. The number of rotatable bonds is 6. The lowest BCUT2D eigenvalue weighted by molar-refractivity contribution is -0.219. The van der Waals surface area contributed by atoms with Crippen LogP contribution in [-0.2, 0) is 27.6 Å². The normalized spacial score (nSPS) is 45.8. The molecule has 0 heterocycles. The Labute approximate surface area is 207 Å². The number of aliphatic hydroxyl groups excluding tert-OH is 1. The SMILES string of the molecule is C[C@H]1C[C@H]2[C@@H]3CCC4=CC(=O)C=C[C@]4(C)[C@@]3(F)[C@@H](O)C[C@]2(C)[C@@]1(O)C(=O)COP(=O)(O)OP(=O)(O)O. The summed E-state index contributed by atoms with van der Waals surface area (Å²) < 4.78 is 48.0. The van der Waals surface area contributed by atoms with Crippen molar-refractivity contribution >= 4 is 27.2 Å². The van der Waals surface area contributed by atoms with E-state index in [1.54, 1.807) is 20.8 Å². The average Bonchev–Trinajstić information content (AvgIpc) is 2.93. The molecule has 0 radical (unpaired) electrons. The van der Waals surface area contributed by atoms with Crippen LogP contribution in [0.25, 0.3) is 0 Å². The lowest BCUT2D eigenvalue weighted by atomic mass is 9.44. The second kappa shape index (κ2) is 8.46. The fraction of sp³-hybridized carbons (Fsp3) is 0.727. The van der Waals surface area contributed by atoms with Gasteiger partial charge < -0.3 is 24.9 Å². The van der Waals surface area contributed by atoms with Gasteiger partial charge in [0.1, 0.15) is 12.2 Å². The van der Waals surface area contributed by atoms with Gasteiger partial charge in [0.15, 0.2) is 17.2 Å². The van der Waals surface area contributed by atoms with E-state index in [4.69, 9.17) is 9.79 Å². The Hall–Kier alpha value is -1.07. The van der Waals surface area contributed by atoms with Crippen LogP contribution >= 0.6 is 15.6 Å². The number of ketones is 2. The van der Waals surface area contributed by atoms with Crippen molar-refractivity contribution in [3.8, 4) is 0 Å². The molecule has 3 saturated carbocycles. The molecule has 36 heavy (non-hydrogen) atoms. The van der Waals surface area contributed by atoms with E-state index in [0.29, 0.717) is 12.0 Å². The van der Waals surface area contributed by atoms with Gasteiger partial charge in [-0.25, -0.2) is 13.5 Å². The van der Waals surface area contributed by atoms with Crippen LogP contribution in [-0.4, -0.2) is 60.4 Å². The zero-order valence-electron chi connectivity index (χ0n) is 20.0. The van der Waals surface area contributed by atoms with Crippen molar-refractivity contribution in [3.05, 3.63) is 23.8 Å². The van der Waals surface area contributed by atoms with Gasteiger partial charge in [-0.3, -0.25) is 14.1 Å². The maximum absolute atomic E-state index is 17.1. The van der Waals surface area contributed by atoms with Crippen LogP contribution in [0.5, 0.6) is 0 Å². The highest BCUT2D eigenvalue weighted by Crippen LogP contribution is 2.71. The summed E-state index contributed by atoms with van der Waals surface area (Å²) in [6.07, 6.45) is 3.17. The van der Waals surface area contributed by atoms with E-state index in [1.807, 2.05) is 0 Å². The number of phosphoric ester groups is 1. The fourth-order valence-electron chi connectivity index (χ4n) is 7.55. The summed E-state index contributed by atoms with van der Waals surface area (Å²) in [6, 6.07) is 0. The Morgan fingerprint density at radius 2 is 1.86 bits per heavy atom. The molecule has 1 unspecified atom stereocenters. The average molecular weight is 552 g/mol. The summed E-state index contributed by atoms with van der Waals surface area (Å²) in [7, 11) is -10.8. The smallest absolute Gasteiger partial charge is 0.390 e. The van der Waals surface area contributed by atoms with Crippen molar-refractivity contribution in [2.75, 3.05) is 6.61 Å². The molecule has 3 fully saturated rings. The number of carbonyl (C=O) groups is 2. The molecular formula is C22H31FO11P2. The zero-order chi connectivity index (χ0) is 27.1. The van der Waals surface area contributed by atoms with Gasteiger partial charge in [0.05, 0.1) is 6.10 Å². The van der Waals surface area contributed by atoms with Crippen molar-refractivity contribution in [1.82, 2.24) is 0 Å². The largest absolute Gasteiger partial charge is 0.481 e. The quantitative estimate of drug-likeness (QED) is 0.304. The molecule has 0 saturated heterocycles.